The molecule has 0 aliphatic carbocycles. The number of benzene rings is 1. The van der Waals surface area contributed by atoms with Gasteiger partial charge in [0, 0.05) is 5.38 Å². The van der Waals surface area contributed by atoms with Crippen LogP contribution in [0, 0.1) is 12.8 Å². The molecule has 0 unspecified atom stereocenters. The number of carbonyl (C=O) groups excluding carboxylic acids is 1. The number of carbonyl (C=O) groups is 2. The molecule has 0 aliphatic heterocycles. The first kappa shape index (κ1) is 15.3. The Morgan fingerprint density at radius 2 is 1.86 bits per heavy atom. The van der Waals surface area contributed by atoms with E-state index in [1.54, 1.807) is 12.3 Å². The van der Waals surface area contributed by atoms with E-state index in [1.165, 1.54) is 11.3 Å². The SMILES string of the molecule is Cc1cscc1C(=O)N[C@@H](c1ccccc1)[C@H](C)C(=O)O. The summed E-state index contributed by atoms with van der Waals surface area (Å²) in [7, 11) is 0. The number of aliphatic carboxylic acids is 1. The monoisotopic (exact) mass is 303 g/mol. The molecule has 2 rings (SSSR count). The summed E-state index contributed by atoms with van der Waals surface area (Å²) in [6, 6.07) is 8.61. The van der Waals surface area contributed by atoms with Gasteiger partial charge >= 0.3 is 5.97 Å². The fourth-order valence-corrected chi connectivity index (χ4v) is 2.94. The number of nitrogens with one attached hydrogen (secondary N) is 1. The summed E-state index contributed by atoms with van der Waals surface area (Å²) in [5.74, 6) is -1.89. The van der Waals surface area contributed by atoms with Crippen molar-refractivity contribution in [2.24, 2.45) is 5.92 Å². The van der Waals surface area contributed by atoms with Crippen LogP contribution >= 0.6 is 11.3 Å². The van der Waals surface area contributed by atoms with Crippen LogP contribution in [0.2, 0.25) is 0 Å². The van der Waals surface area contributed by atoms with E-state index < -0.39 is 17.9 Å². The van der Waals surface area contributed by atoms with Crippen molar-refractivity contribution < 1.29 is 14.7 Å². The van der Waals surface area contributed by atoms with Crippen LogP contribution in [0.15, 0.2) is 41.1 Å². The zero-order valence-electron chi connectivity index (χ0n) is 11.9. The van der Waals surface area contributed by atoms with Crippen LogP contribution in [0.1, 0.15) is 34.5 Å². The molecule has 1 aromatic carbocycles. The fraction of sp³-hybridized carbons (Fsp3) is 0.250. The zero-order valence-corrected chi connectivity index (χ0v) is 12.7. The average molecular weight is 303 g/mol. The molecule has 0 bridgehead atoms. The lowest BCUT2D eigenvalue weighted by Gasteiger charge is -2.23. The van der Waals surface area contributed by atoms with Gasteiger partial charge < -0.3 is 10.4 Å². The van der Waals surface area contributed by atoms with E-state index in [4.69, 9.17) is 0 Å². The number of aryl methyl sites for hydroxylation is 1. The van der Waals surface area contributed by atoms with Crippen LogP contribution in [0.4, 0.5) is 0 Å². The van der Waals surface area contributed by atoms with Crippen LogP contribution in [-0.4, -0.2) is 17.0 Å². The molecule has 0 saturated carbocycles. The lowest BCUT2D eigenvalue weighted by Crippen LogP contribution is -2.35. The smallest absolute Gasteiger partial charge is 0.308 e. The van der Waals surface area contributed by atoms with Crippen molar-refractivity contribution in [3.8, 4) is 0 Å². The van der Waals surface area contributed by atoms with Crippen molar-refractivity contribution in [2.45, 2.75) is 19.9 Å². The molecule has 0 spiro atoms. The van der Waals surface area contributed by atoms with Gasteiger partial charge in [0.1, 0.15) is 0 Å². The van der Waals surface area contributed by atoms with Gasteiger partial charge in [-0.3, -0.25) is 9.59 Å². The Labute approximate surface area is 127 Å². The summed E-state index contributed by atoms with van der Waals surface area (Å²) < 4.78 is 0. The third-order valence-corrected chi connectivity index (χ3v) is 4.30. The second-order valence-corrected chi connectivity index (χ2v) is 5.70. The molecule has 21 heavy (non-hydrogen) atoms. The Balaban J connectivity index is 2.27. The second kappa shape index (κ2) is 6.54. The topological polar surface area (TPSA) is 66.4 Å². The Bertz CT molecular complexity index is 636. The molecule has 0 saturated heterocycles. The van der Waals surface area contributed by atoms with Crippen molar-refractivity contribution >= 4 is 23.2 Å². The van der Waals surface area contributed by atoms with Crippen LogP contribution in [-0.2, 0) is 4.79 Å². The first-order valence-electron chi connectivity index (χ1n) is 6.62. The number of hydrogen-bond donors (Lipinski definition) is 2. The van der Waals surface area contributed by atoms with E-state index in [9.17, 15) is 14.7 Å². The van der Waals surface area contributed by atoms with Crippen molar-refractivity contribution in [1.29, 1.82) is 0 Å². The summed E-state index contributed by atoms with van der Waals surface area (Å²) in [4.78, 5) is 23.6. The number of thiophene rings is 1. The highest BCUT2D eigenvalue weighted by Crippen LogP contribution is 2.23. The molecule has 2 aromatic rings. The lowest BCUT2D eigenvalue weighted by atomic mass is 9.94. The van der Waals surface area contributed by atoms with E-state index in [0.717, 1.165) is 11.1 Å². The molecular formula is C16H17NO3S. The summed E-state index contributed by atoms with van der Waals surface area (Å²) in [6.07, 6.45) is 0. The highest BCUT2D eigenvalue weighted by Gasteiger charge is 2.27. The van der Waals surface area contributed by atoms with Gasteiger partial charge in [-0.2, -0.15) is 11.3 Å². The predicted octanol–water partition coefficient (Wildman–Crippen LogP) is 3.25. The summed E-state index contributed by atoms with van der Waals surface area (Å²) in [5.41, 5.74) is 2.28. The average Bonchev–Trinajstić information content (AvgIpc) is 2.91. The number of carboxylic acids is 1. The minimum Gasteiger partial charge on any atom is -0.481 e. The highest BCUT2D eigenvalue weighted by molar-refractivity contribution is 7.08. The summed E-state index contributed by atoms with van der Waals surface area (Å²) in [5, 5.41) is 15.8. The molecule has 2 atom stereocenters. The first-order chi connectivity index (χ1) is 10.0. The molecule has 5 heteroatoms. The molecule has 0 radical (unpaired) electrons. The molecule has 0 aliphatic rings. The maximum absolute atomic E-state index is 12.3. The standard InChI is InChI=1S/C16H17NO3S/c1-10-8-21-9-13(10)15(18)17-14(11(2)16(19)20)12-6-4-3-5-7-12/h3-9,11,14H,1-2H3,(H,17,18)(H,19,20)/t11-,14+/m0/s1. The van der Waals surface area contributed by atoms with Crippen LogP contribution < -0.4 is 5.32 Å². The number of carboxylic acid groups (broad SMARTS) is 1. The van der Waals surface area contributed by atoms with Gasteiger partial charge in [-0.15, -0.1) is 0 Å². The number of hydrogen-bond acceptors (Lipinski definition) is 3. The van der Waals surface area contributed by atoms with E-state index in [-0.39, 0.29) is 5.91 Å². The van der Waals surface area contributed by atoms with Crippen molar-refractivity contribution in [3.05, 3.63) is 57.8 Å². The number of amides is 1. The van der Waals surface area contributed by atoms with Crippen molar-refractivity contribution in [1.82, 2.24) is 5.32 Å². The molecule has 1 amide bonds. The minimum absolute atomic E-state index is 0.240. The van der Waals surface area contributed by atoms with E-state index in [1.807, 2.05) is 42.6 Å². The summed E-state index contributed by atoms with van der Waals surface area (Å²) in [6.45, 7) is 3.46. The van der Waals surface area contributed by atoms with E-state index >= 15 is 0 Å². The van der Waals surface area contributed by atoms with E-state index in [0.29, 0.717) is 5.56 Å². The van der Waals surface area contributed by atoms with Crippen LogP contribution in [0.25, 0.3) is 0 Å². The Kier molecular flexibility index (Phi) is 4.75. The Morgan fingerprint density at radius 3 is 2.38 bits per heavy atom. The maximum Gasteiger partial charge on any atom is 0.308 e. The normalized spacial score (nSPS) is 13.4. The Morgan fingerprint density at radius 1 is 1.19 bits per heavy atom. The van der Waals surface area contributed by atoms with Crippen LogP contribution in [0.3, 0.4) is 0 Å². The van der Waals surface area contributed by atoms with Gasteiger partial charge in [-0.1, -0.05) is 30.3 Å². The molecule has 4 nitrogen and oxygen atoms in total. The molecular weight excluding hydrogens is 286 g/mol. The predicted molar refractivity (Wildman–Crippen MR) is 82.5 cm³/mol. The van der Waals surface area contributed by atoms with Crippen molar-refractivity contribution in [2.75, 3.05) is 0 Å². The minimum atomic E-state index is -0.939. The Hall–Kier alpha value is -2.14. The largest absolute Gasteiger partial charge is 0.481 e. The fourth-order valence-electron chi connectivity index (χ4n) is 2.11. The number of rotatable bonds is 5. The van der Waals surface area contributed by atoms with Crippen LogP contribution in [0.5, 0.6) is 0 Å². The molecule has 1 aromatic heterocycles. The van der Waals surface area contributed by atoms with Gasteiger partial charge in [-0.05, 0) is 30.4 Å². The second-order valence-electron chi connectivity index (χ2n) is 4.96. The van der Waals surface area contributed by atoms with Crippen molar-refractivity contribution in [3.63, 3.8) is 0 Å². The van der Waals surface area contributed by atoms with E-state index in [2.05, 4.69) is 5.32 Å². The van der Waals surface area contributed by atoms with Gasteiger partial charge in [0.2, 0.25) is 0 Å². The van der Waals surface area contributed by atoms with Gasteiger partial charge in [0.05, 0.1) is 17.5 Å². The lowest BCUT2D eigenvalue weighted by molar-refractivity contribution is -0.142. The van der Waals surface area contributed by atoms with Gasteiger partial charge in [-0.25, -0.2) is 0 Å². The van der Waals surface area contributed by atoms with Gasteiger partial charge in [0.25, 0.3) is 5.91 Å². The molecule has 110 valence electrons. The third kappa shape index (κ3) is 3.49. The third-order valence-electron chi connectivity index (χ3n) is 3.43. The molecule has 0 fully saturated rings. The quantitative estimate of drug-likeness (QED) is 0.891. The van der Waals surface area contributed by atoms with Gasteiger partial charge in [0.15, 0.2) is 0 Å². The first-order valence-corrected chi connectivity index (χ1v) is 7.56. The molecule has 1 heterocycles. The molecule has 2 N–H and O–H groups in total. The highest BCUT2D eigenvalue weighted by atomic mass is 32.1. The maximum atomic E-state index is 12.3. The summed E-state index contributed by atoms with van der Waals surface area (Å²) >= 11 is 1.45. The zero-order chi connectivity index (χ0) is 15.4.